The lowest BCUT2D eigenvalue weighted by Crippen LogP contribution is -2.46. The van der Waals surface area contributed by atoms with Crippen molar-refractivity contribution in [2.45, 2.75) is 32.1 Å². The quantitative estimate of drug-likeness (QED) is 0.572. The molecule has 5 nitrogen and oxygen atoms in total. The van der Waals surface area contributed by atoms with Gasteiger partial charge in [-0.05, 0) is 25.2 Å². The number of hydrogen-bond acceptors (Lipinski definition) is 2. The maximum absolute atomic E-state index is 11.8. The van der Waals surface area contributed by atoms with Gasteiger partial charge in [0.05, 0.1) is 0 Å². The Bertz CT molecular complexity index is 336. The standard InChI is InChI=1S/C13H20N2O3/c1-2-3-4-7-14-13(18)15-8-5-6-11(10-15)9-12(16)17/h1,11H,3-10H2,(H,14,18)(H,16,17). The molecule has 0 spiro atoms. The van der Waals surface area contributed by atoms with E-state index in [1.54, 1.807) is 4.90 Å². The smallest absolute Gasteiger partial charge is 0.317 e. The highest BCUT2D eigenvalue weighted by Gasteiger charge is 2.24. The second kappa shape index (κ2) is 7.59. The summed E-state index contributed by atoms with van der Waals surface area (Å²) in [6, 6.07) is -0.109. The number of rotatable bonds is 5. The fourth-order valence-electron chi connectivity index (χ4n) is 2.16. The third-order valence-corrected chi connectivity index (χ3v) is 3.04. The first-order chi connectivity index (χ1) is 8.63. The Labute approximate surface area is 108 Å². The first kappa shape index (κ1) is 14.4. The Morgan fingerprint density at radius 2 is 2.28 bits per heavy atom. The van der Waals surface area contributed by atoms with Crippen molar-refractivity contribution in [2.24, 2.45) is 5.92 Å². The summed E-state index contributed by atoms with van der Waals surface area (Å²) in [5.74, 6) is 1.80. The highest BCUT2D eigenvalue weighted by molar-refractivity contribution is 5.74. The monoisotopic (exact) mass is 252 g/mol. The molecule has 1 heterocycles. The molecule has 0 aromatic heterocycles. The van der Waals surface area contributed by atoms with Gasteiger partial charge in [-0.25, -0.2) is 4.79 Å². The van der Waals surface area contributed by atoms with Crippen LogP contribution in [0.2, 0.25) is 0 Å². The van der Waals surface area contributed by atoms with E-state index in [2.05, 4.69) is 11.2 Å². The summed E-state index contributed by atoms with van der Waals surface area (Å²) in [5.41, 5.74) is 0. The largest absolute Gasteiger partial charge is 0.481 e. The van der Waals surface area contributed by atoms with Crippen molar-refractivity contribution in [2.75, 3.05) is 19.6 Å². The summed E-state index contributed by atoms with van der Waals surface area (Å²) in [4.78, 5) is 24.2. The SMILES string of the molecule is C#CCCCNC(=O)N1CCCC(CC(=O)O)C1. The molecule has 18 heavy (non-hydrogen) atoms. The molecule has 1 aliphatic heterocycles. The average molecular weight is 252 g/mol. The summed E-state index contributed by atoms with van der Waals surface area (Å²) in [7, 11) is 0. The van der Waals surface area contributed by atoms with E-state index >= 15 is 0 Å². The van der Waals surface area contributed by atoms with E-state index in [0.717, 1.165) is 19.3 Å². The molecule has 0 aromatic rings. The van der Waals surface area contributed by atoms with Crippen LogP contribution >= 0.6 is 0 Å². The second-order valence-electron chi connectivity index (χ2n) is 4.59. The number of terminal acetylenes is 1. The van der Waals surface area contributed by atoms with Gasteiger partial charge in [0.2, 0.25) is 0 Å². The fraction of sp³-hybridized carbons (Fsp3) is 0.692. The average Bonchev–Trinajstić information content (AvgIpc) is 2.34. The summed E-state index contributed by atoms with van der Waals surface area (Å²) in [5, 5.41) is 11.6. The van der Waals surface area contributed by atoms with Gasteiger partial charge in [-0.15, -0.1) is 12.3 Å². The lowest BCUT2D eigenvalue weighted by atomic mass is 9.95. The number of likely N-dealkylation sites (tertiary alicyclic amines) is 1. The van der Waals surface area contributed by atoms with Crippen LogP contribution in [0, 0.1) is 18.3 Å². The number of nitrogens with one attached hydrogen (secondary N) is 1. The van der Waals surface area contributed by atoms with Crippen LogP contribution in [0.4, 0.5) is 4.79 Å². The molecule has 1 fully saturated rings. The zero-order valence-electron chi connectivity index (χ0n) is 10.5. The van der Waals surface area contributed by atoms with Crippen LogP contribution in [0.5, 0.6) is 0 Å². The molecule has 1 aliphatic rings. The van der Waals surface area contributed by atoms with E-state index < -0.39 is 5.97 Å². The van der Waals surface area contributed by atoms with Crippen LogP contribution in [0.25, 0.3) is 0 Å². The van der Waals surface area contributed by atoms with E-state index in [1.807, 2.05) is 0 Å². The minimum Gasteiger partial charge on any atom is -0.481 e. The molecule has 1 atom stereocenters. The minimum atomic E-state index is -0.795. The lowest BCUT2D eigenvalue weighted by molar-refractivity contribution is -0.138. The number of amides is 2. The molecule has 0 aromatic carbocycles. The molecule has 1 saturated heterocycles. The molecule has 100 valence electrons. The normalized spacial score (nSPS) is 19.1. The zero-order valence-corrected chi connectivity index (χ0v) is 10.5. The number of aliphatic carboxylic acids is 1. The third-order valence-electron chi connectivity index (χ3n) is 3.04. The van der Waals surface area contributed by atoms with Crippen molar-refractivity contribution >= 4 is 12.0 Å². The number of hydrogen-bond donors (Lipinski definition) is 2. The Morgan fingerprint density at radius 1 is 1.50 bits per heavy atom. The van der Waals surface area contributed by atoms with Crippen molar-refractivity contribution < 1.29 is 14.7 Å². The lowest BCUT2D eigenvalue weighted by Gasteiger charge is -2.32. The maximum Gasteiger partial charge on any atom is 0.317 e. The van der Waals surface area contributed by atoms with Crippen molar-refractivity contribution in [3.8, 4) is 12.3 Å². The van der Waals surface area contributed by atoms with Crippen LogP contribution in [0.1, 0.15) is 32.1 Å². The Morgan fingerprint density at radius 3 is 2.94 bits per heavy atom. The summed E-state index contributed by atoms with van der Waals surface area (Å²) < 4.78 is 0. The van der Waals surface area contributed by atoms with Gasteiger partial charge in [0.1, 0.15) is 0 Å². The number of nitrogens with zero attached hydrogens (tertiary/aromatic N) is 1. The molecule has 1 rings (SSSR count). The Hall–Kier alpha value is -1.70. The molecular formula is C13H20N2O3. The number of carboxylic acid groups (broad SMARTS) is 1. The van der Waals surface area contributed by atoms with Crippen LogP contribution < -0.4 is 5.32 Å². The molecule has 5 heteroatoms. The van der Waals surface area contributed by atoms with Crippen LogP contribution in [0.15, 0.2) is 0 Å². The number of piperidine rings is 1. The van der Waals surface area contributed by atoms with E-state index in [4.69, 9.17) is 11.5 Å². The number of carboxylic acids is 1. The first-order valence-electron chi connectivity index (χ1n) is 6.31. The minimum absolute atomic E-state index is 0.0766. The van der Waals surface area contributed by atoms with E-state index in [1.165, 1.54) is 0 Å². The predicted molar refractivity (Wildman–Crippen MR) is 68.0 cm³/mol. The van der Waals surface area contributed by atoms with Crippen LogP contribution in [-0.2, 0) is 4.79 Å². The van der Waals surface area contributed by atoms with E-state index in [-0.39, 0.29) is 18.4 Å². The maximum atomic E-state index is 11.8. The van der Waals surface area contributed by atoms with Crippen LogP contribution in [0.3, 0.4) is 0 Å². The van der Waals surface area contributed by atoms with Gasteiger partial charge in [0, 0.05) is 32.5 Å². The summed E-state index contributed by atoms with van der Waals surface area (Å²) >= 11 is 0. The van der Waals surface area contributed by atoms with Gasteiger partial charge in [-0.1, -0.05) is 0 Å². The number of urea groups is 1. The van der Waals surface area contributed by atoms with E-state index in [0.29, 0.717) is 26.1 Å². The van der Waals surface area contributed by atoms with Gasteiger partial charge < -0.3 is 15.3 Å². The second-order valence-corrected chi connectivity index (χ2v) is 4.59. The molecule has 2 N–H and O–H groups in total. The van der Waals surface area contributed by atoms with Crippen LogP contribution in [-0.4, -0.2) is 41.6 Å². The van der Waals surface area contributed by atoms with Gasteiger partial charge in [0.25, 0.3) is 0 Å². The van der Waals surface area contributed by atoms with Crippen molar-refractivity contribution in [1.29, 1.82) is 0 Å². The van der Waals surface area contributed by atoms with E-state index in [9.17, 15) is 9.59 Å². The Kier molecular flexibility index (Phi) is 6.06. The van der Waals surface area contributed by atoms with Gasteiger partial charge in [-0.2, -0.15) is 0 Å². The number of unbranched alkanes of at least 4 members (excludes halogenated alkanes) is 1. The fourth-order valence-corrected chi connectivity index (χ4v) is 2.16. The van der Waals surface area contributed by atoms with Gasteiger partial charge in [0.15, 0.2) is 0 Å². The topological polar surface area (TPSA) is 69.6 Å². The zero-order chi connectivity index (χ0) is 13.4. The molecular weight excluding hydrogens is 232 g/mol. The van der Waals surface area contributed by atoms with Gasteiger partial charge in [-0.3, -0.25) is 4.79 Å². The number of carbonyl (C=O) groups is 2. The third kappa shape index (κ3) is 5.09. The molecule has 1 unspecified atom stereocenters. The summed E-state index contributed by atoms with van der Waals surface area (Å²) in [6.45, 7) is 1.81. The molecule has 0 radical (unpaired) electrons. The number of carbonyl (C=O) groups excluding carboxylic acids is 1. The van der Waals surface area contributed by atoms with Gasteiger partial charge >= 0.3 is 12.0 Å². The highest BCUT2D eigenvalue weighted by atomic mass is 16.4. The molecule has 0 saturated carbocycles. The predicted octanol–water partition coefficient (Wildman–Crippen LogP) is 1.30. The summed E-state index contributed by atoms with van der Waals surface area (Å²) in [6.07, 6.45) is 8.44. The first-order valence-corrected chi connectivity index (χ1v) is 6.31. The molecule has 0 aliphatic carbocycles. The van der Waals surface area contributed by atoms with Crippen molar-refractivity contribution in [3.63, 3.8) is 0 Å². The molecule has 2 amide bonds. The van der Waals surface area contributed by atoms with Crippen molar-refractivity contribution in [1.82, 2.24) is 10.2 Å². The van der Waals surface area contributed by atoms with Crippen molar-refractivity contribution in [3.05, 3.63) is 0 Å². The molecule has 0 bridgehead atoms. The Balaban J connectivity index is 2.29. The highest BCUT2D eigenvalue weighted by Crippen LogP contribution is 2.19.